The number of nitrogens with one attached hydrogen (secondary N) is 1. The molecule has 1 aromatic rings. The zero-order valence-corrected chi connectivity index (χ0v) is 13.0. The van der Waals surface area contributed by atoms with Gasteiger partial charge in [0.15, 0.2) is 0 Å². The van der Waals surface area contributed by atoms with Crippen LogP contribution in [0, 0.1) is 5.92 Å². The molecule has 1 heterocycles. The summed E-state index contributed by atoms with van der Waals surface area (Å²) in [7, 11) is 4.30. The van der Waals surface area contributed by atoms with Crippen LogP contribution in [0.15, 0.2) is 24.3 Å². The highest BCUT2D eigenvalue weighted by Gasteiger charge is 2.32. The Bertz CT molecular complexity index is 400. The summed E-state index contributed by atoms with van der Waals surface area (Å²) < 4.78 is 0. The molecule has 1 N–H and O–H groups in total. The van der Waals surface area contributed by atoms with Crippen LogP contribution < -0.4 is 5.32 Å². The summed E-state index contributed by atoms with van der Waals surface area (Å²) in [4.78, 5) is 2.49. The van der Waals surface area contributed by atoms with Crippen molar-refractivity contribution in [2.45, 2.75) is 38.6 Å². The first kappa shape index (κ1) is 14.5. The molecule has 1 aliphatic heterocycles. The fraction of sp³-hybridized carbons (Fsp3) is 0.647. The summed E-state index contributed by atoms with van der Waals surface area (Å²) in [5.74, 6) is 0.732. The second-order valence-corrected chi connectivity index (χ2v) is 6.90. The Morgan fingerprint density at radius 2 is 1.84 bits per heavy atom. The van der Waals surface area contributed by atoms with E-state index in [9.17, 15) is 0 Å². The summed E-state index contributed by atoms with van der Waals surface area (Å²) in [6.07, 6.45) is 1.29. The van der Waals surface area contributed by atoms with E-state index < -0.39 is 0 Å². The van der Waals surface area contributed by atoms with Crippen molar-refractivity contribution in [2.75, 3.05) is 27.2 Å². The molecule has 0 spiro atoms. The van der Waals surface area contributed by atoms with E-state index in [-0.39, 0.29) is 5.41 Å². The molecule has 2 unspecified atom stereocenters. The molecule has 0 amide bonds. The molecule has 1 aliphatic rings. The van der Waals surface area contributed by atoms with E-state index in [2.05, 4.69) is 69.3 Å². The normalized spacial score (nSPS) is 24.9. The SMILES string of the molecule is CNCC1CCN(C)C1c1ccc(C(C)(C)C)cc1. The Labute approximate surface area is 118 Å². The molecule has 2 heteroatoms. The molecule has 2 rings (SSSR count). The van der Waals surface area contributed by atoms with Crippen molar-refractivity contribution in [1.82, 2.24) is 10.2 Å². The van der Waals surface area contributed by atoms with Gasteiger partial charge in [0.05, 0.1) is 0 Å². The van der Waals surface area contributed by atoms with Crippen molar-refractivity contribution in [1.29, 1.82) is 0 Å². The minimum absolute atomic E-state index is 0.241. The van der Waals surface area contributed by atoms with Gasteiger partial charge < -0.3 is 5.32 Å². The largest absolute Gasteiger partial charge is 0.319 e. The third kappa shape index (κ3) is 3.18. The second-order valence-electron chi connectivity index (χ2n) is 6.90. The monoisotopic (exact) mass is 260 g/mol. The van der Waals surface area contributed by atoms with Crippen molar-refractivity contribution in [3.05, 3.63) is 35.4 Å². The first-order valence-electron chi connectivity index (χ1n) is 7.39. The van der Waals surface area contributed by atoms with Crippen LogP contribution in [0.4, 0.5) is 0 Å². The molecular weight excluding hydrogens is 232 g/mol. The fourth-order valence-electron chi connectivity index (χ4n) is 3.21. The maximum absolute atomic E-state index is 3.34. The number of nitrogens with zero attached hydrogens (tertiary/aromatic N) is 1. The van der Waals surface area contributed by atoms with Crippen molar-refractivity contribution in [3.8, 4) is 0 Å². The molecule has 1 aromatic carbocycles. The van der Waals surface area contributed by atoms with Gasteiger partial charge in [-0.15, -0.1) is 0 Å². The summed E-state index contributed by atoms with van der Waals surface area (Å²) in [6.45, 7) is 9.13. The summed E-state index contributed by atoms with van der Waals surface area (Å²) in [6, 6.07) is 9.84. The first-order chi connectivity index (χ1) is 8.93. The van der Waals surface area contributed by atoms with E-state index in [1.807, 2.05) is 0 Å². The Morgan fingerprint density at radius 1 is 1.21 bits per heavy atom. The highest BCUT2D eigenvalue weighted by atomic mass is 15.2. The predicted molar refractivity (Wildman–Crippen MR) is 82.5 cm³/mol. The first-order valence-corrected chi connectivity index (χ1v) is 7.39. The van der Waals surface area contributed by atoms with Gasteiger partial charge in [-0.2, -0.15) is 0 Å². The molecule has 0 bridgehead atoms. The Kier molecular flexibility index (Phi) is 4.32. The Hall–Kier alpha value is -0.860. The molecule has 1 fully saturated rings. The lowest BCUT2D eigenvalue weighted by atomic mass is 9.85. The van der Waals surface area contributed by atoms with Crippen LogP contribution in [0.1, 0.15) is 44.4 Å². The zero-order valence-electron chi connectivity index (χ0n) is 13.0. The number of rotatable bonds is 3. The van der Waals surface area contributed by atoms with E-state index >= 15 is 0 Å². The maximum atomic E-state index is 3.34. The molecule has 0 saturated carbocycles. The van der Waals surface area contributed by atoms with Crippen molar-refractivity contribution >= 4 is 0 Å². The number of hydrogen-bond acceptors (Lipinski definition) is 2. The van der Waals surface area contributed by atoms with E-state index in [0.29, 0.717) is 6.04 Å². The minimum Gasteiger partial charge on any atom is -0.319 e. The summed E-state index contributed by atoms with van der Waals surface area (Å²) in [5, 5.41) is 3.34. The van der Waals surface area contributed by atoms with Crippen LogP contribution in [0.3, 0.4) is 0 Å². The third-order valence-electron chi connectivity index (χ3n) is 4.36. The molecule has 106 valence electrons. The van der Waals surface area contributed by atoms with Gasteiger partial charge >= 0.3 is 0 Å². The van der Waals surface area contributed by atoms with Crippen LogP contribution in [-0.2, 0) is 5.41 Å². The predicted octanol–water partition coefficient (Wildman–Crippen LogP) is 3.20. The van der Waals surface area contributed by atoms with E-state index in [0.717, 1.165) is 12.5 Å². The van der Waals surface area contributed by atoms with E-state index in [1.165, 1.54) is 24.1 Å². The van der Waals surface area contributed by atoms with Gasteiger partial charge in [0, 0.05) is 6.04 Å². The lowest BCUT2D eigenvalue weighted by Gasteiger charge is -2.27. The van der Waals surface area contributed by atoms with Gasteiger partial charge in [-0.25, -0.2) is 0 Å². The van der Waals surface area contributed by atoms with Crippen molar-refractivity contribution < 1.29 is 0 Å². The van der Waals surface area contributed by atoms with Crippen LogP contribution in [0.2, 0.25) is 0 Å². The maximum Gasteiger partial charge on any atom is 0.0385 e. The average molecular weight is 260 g/mol. The summed E-state index contributed by atoms with van der Waals surface area (Å²) >= 11 is 0. The summed E-state index contributed by atoms with van der Waals surface area (Å²) in [5.41, 5.74) is 3.13. The molecular formula is C17H28N2. The lowest BCUT2D eigenvalue weighted by Crippen LogP contribution is -2.26. The van der Waals surface area contributed by atoms with Gasteiger partial charge in [-0.1, -0.05) is 45.0 Å². The number of benzene rings is 1. The van der Waals surface area contributed by atoms with Crippen LogP contribution >= 0.6 is 0 Å². The van der Waals surface area contributed by atoms with Crippen molar-refractivity contribution in [3.63, 3.8) is 0 Å². The lowest BCUT2D eigenvalue weighted by molar-refractivity contribution is 0.274. The van der Waals surface area contributed by atoms with E-state index in [1.54, 1.807) is 0 Å². The highest BCUT2D eigenvalue weighted by Crippen LogP contribution is 2.36. The number of hydrogen-bond donors (Lipinski definition) is 1. The Morgan fingerprint density at radius 3 is 2.37 bits per heavy atom. The smallest absolute Gasteiger partial charge is 0.0385 e. The molecule has 0 aromatic heterocycles. The topological polar surface area (TPSA) is 15.3 Å². The highest BCUT2D eigenvalue weighted by molar-refractivity contribution is 5.30. The Balaban J connectivity index is 2.20. The molecule has 1 saturated heterocycles. The standard InChI is InChI=1S/C17H28N2/c1-17(2,3)15-8-6-13(7-9-15)16-14(12-18-4)10-11-19(16)5/h6-9,14,16,18H,10-12H2,1-5H3. The molecule has 0 aliphatic carbocycles. The third-order valence-corrected chi connectivity index (χ3v) is 4.36. The van der Waals surface area contributed by atoms with Crippen LogP contribution in [0.25, 0.3) is 0 Å². The zero-order chi connectivity index (χ0) is 14.0. The quantitative estimate of drug-likeness (QED) is 0.898. The number of likely N-dealkylation sites (tertiary alicyclic amines) is 1. The molecule has 2 atom stereocenters. The van der Waals surface area contributed by atoms with Gasteiger partial charge in [-0.3, -0.25) is 4.90 Å². The van der Waals surface area contributed by atoms with Crippen LogP contribution in [0.5, 0.6) is 0 Å². The van der Waals surface area contributed by atoms with Crippen LogP contribution in [-0.4, -0.2) is 32.1 Å². The average Bonchev–Trinajstić information content (AvgIpc) is 2.70. The van der Waals surface area contributed by atoms with Gasteiger partial charge in [0.2, 0.25) is 0 Å². The molecule has 2 nitrogen and oxygen atoms in total. The fourth-order valence-corrected chi connectivity index (χ4v) is 3.21. The second kappa shape index (κ2) is 5.64. The molecule has 0 radical (unpaired) electrons. The van der Waals surface area contributed by atoms with E-state index in [4.69, 9.17) is 0 Å². The molecule has 19 heavy (non-hydrogen) atoms. The van der Waals surface area contributed by atoms with Gasteiger partial charge in [0.25, 0.3) is 0 Å². The minimum atomic E-state index is 0.241. The van der Waals surface area contributed by atoms with Crippen molar-refractivity contribution in [2.24, 2.45) is 5.92 Å². The van der Waals surface area contributed by atoms with Gasteiger partial charge in [-0.05, 0) is 56.1 Å². The van der Waals surface area contributed by atoms with Gasteiger partial charge in [0.1, 0.15) is 0 Å².